The zero-order valence-corrected chi connectivity index (χ0v) is 17.9. The summed E-state index contributed by atoms with van der Waals surface area (Å²) in [5, 5.41) is 10.2. The van der Waals surface area contributed by atoms with Crippen molar-refractivity contribution in [3.63, 3.8) is 0 Å². The zero-order chi connectivity index (χ0) is 17.3. The van der Waals surface area contributed by atoms with E-state index in [0.29, 0.717) is 29.9 Å². The molecule has 0 saturated carbocycles. The third-order valence-electron chi connectivity index (χ3n) is 4.94. The van der Waals surface area contributed by atoms with Gasteiger partial charge < -0.3 is 0 Å². The van der Waals surface area contributed by atoms with Crippen LogP contribution in [0.4, 0.5) is 0 Å². The summed E-state index contributed by atoms with van der Waals surface area (Å²) in [6, 6.07) is 25.0. The molecular formula is C23H19NSe2. The summed E-state index contributed by atoms with van der Waals surface area (Å²) in [5.41, 5.74) is 5.55. The molecule has 3 heteroatoms. The van der Waals surface area contributed by atoms with Gasteiger partial charge in [0, 0.05) is 0 Å². The Morgan fingerprint density at radius 1 is 0.577 bits per heavy atom. The van der Waals surface area contributed by atoms with E-state index in [1.807, 2.05) is 0 Å². The molecule has 2 heterocycles. The van der Waals surface area contributed by atoms with Gasteiger partial charge in [-0.25, -0.2) is 0 Å². The molecule has 0 aliphatic carbocycles. The van der Waals surface area contributed by atoms with Crippen molar-refractivity contribution in [2.75, 3.05) is 0 Å². The van der Waals surface area contributed by atoms with Crippen molar-refractivity contribution in [2.24, 2.45) is 0 Å². The molecule has 1 aromatic heterocycles. The molecule has 0 unspecified atom stereocenters. The summed E-state index contributed by atoms with van der Waals surface area (Å²) >= 11 is 1.09. The van der Waals surface area contributed by atoms with Gasteiger partial charge in [0.1, 0.15) is 0 Å². The van der Waals surface area contributed by atoms with Crippen LogP contribution in [0.3, 0.4) is 0 Å². The minimum absolute atomic E-state index is 0.545. The SMILES string of the molecule is c1cc2nc(c1)C[Se]Cc1cccc3cc4cccc(c4cc13)C[Se]C2. The Bertz CT molecular complexity index is 1020. The molecule has 4 bridgehead atoms. The normalized spacial score (nSPS) is 14.8. The van der Waals surface area contributed by atoms with Crippen molar-refractivity contribution in [3.05, 3.63) is 89.2 Å². The molecule has 0 N–H and O–H groups in total. The topological polar surface area (TPSA) is 12.9 Å². The molecule has 0 spiro atoms. The maximum absolute atomic E-state index is 4.92. The summed E-state index contributed by atoms with van der Waals surface area (Å²) in [5.74, 6) is 0. The first kappa shape index (κ1) is 16.5. The Morgan fingerprint density at radius 2 is 1.12 bits per heavy atom. The molecule has 0 saturated heterocycles. The number of rotatable bonds is 0. The average molecular weight is 467 g/mol. The van der Waals surface area contributed by atoms with Crippen molar-refractivity contribution in [3.8, 4) is 0 Å². The van der Waals surface area contributed by atoms with Crippen LogP contribution >= 0.6 is 0 Å². The number of hydrogen-bond donors (Lipinski definition) is 0. The Kier molecular flexibility index (Phi) is 4.56. The van der Waals surface area contributed by atoms with Crippen LogP contribution in [-0.4, -0.2) is 34.9 Å². The number of benzene rings is 3. The third kappa shape index (κ3) is 3.21. The average Bonchev–Trinajstić information content (AvgIpc) is 2.67. The van der Waals surface area contributed by atoms with Crippen LogP contribution in [0.1, 0.15) is 22.5 Å². The van der Waals surface area contributed by atoms with Gasteiger partial charge in [-0.05, 0) is 0 Å². The summed E-state index contributed by atoms with van der Waals surface area (Å²) in [4.78, 5) is 4.92. The molecule has 0 radical (unpaired) electrons. The molecule has 1 aliphatic rings. The van der Waals surface area contributed by atoms with E-state index in [2.05, 4.69) is 66.7 Å². The van der Waals surface area contributed by atoms with Crippen molar-refractivity contribution < 1.29 is 0 Å². The number of aromatic nitrogens is 1. The van der Waals surface area contributed by atoms with E-state index in [1.165, 1.54) is 54.7 Å². The number of fused-ring (bicyclic) bond motifs is 2. The maximum atomic E-state index is 4.92. The van der Waals surface area contributed by atoms with Crippen molar-refractivity contribution in [1.82, 2.24) is 4.98 Å². The second-order valence-electron chi connectivity index (χ2n) is 6.73. The van der Waals surface area contributed by atoms with E-state index in [1.54, 1.807) is 0 Å². The second kappa shape index (κ2) is 7.18. The van der Waals surface area contributed by atoms with Crippen LogP contribution < -0.4 is 0 Å². The van der Waals surface area contributed by atoms with Crippen LogP contribution in [0.2, 0.25) is 0 Å². The van der Waals surface area contributed by atoms with Gasteiger partial charge in [-0.2, -0.15) is 0 Å². The van der Waals surface area contributed by atoms with Gasteiger partial charge in [-0.15, -0.1) is 0 Å². The van der Waals surface area contributed by atoms with Crippen molar-refractivity contribution in [1.29, 1.82) is 0 Å². The van der Waals surface area contributed by atoms with Gasteiger partial charge in [0.25, 0.3) is 0 Å². The number of pyridine rings is 1. The summed E-state index contributed by atoms with van der Waals surface area (Å²) in [7, 11) is 0. The molecule has 1 aliphatic heterocycles. The molecule has 5 rings (SSSR count). The van der Waals surface area contributed by atoms with E-state index in [4.69, 9.17) is 4.98 Å². The Labute approximate surface area is 166 Å². The van der Waals surface area contributed by atoms with E-state index in [-0.39, 0.29) is 0 Å². The second-order valence-corrected chi connectivity index (χ2v) is 10.9. The van der Waals surface area contributed by atoms with Crippen molar-refractivity contribution in [2.45, 2.75) is 21.3 Å². The quantitative estimate of drug-likeness (QED) is 0.274. The summed E-state index contributed by atoms with van der Waals surface area (Å²) < 4.78 is 0. The van der Waals surface area contributed by atoms with Crippen LogP contribution in [0, 0.1) is 0 Å². The van der Waals surface area contributed by atoms with Gasteiger partial charge >= 0.3 is 167 Å². The molecule has 1 nitrogen and oxygen atoms in total. The van der Waals surface area contributed by atoms with Gasteiger partial charge in [0.15, 0.2) is 0 Å². The molecule has 26 heavy (non-hydrogen) atoms. The van der Waals surface area contributed by atoms with Gasteiger partial charge in [0.05, 0.1) is 0 Å². The predicted molar refractivity (Wildman–Crippen MR) is 112 cm³/mol. The number of nitrogens with zero attached hydrogens (tertiary/aromatic N) is 1. The summed E-state index contributed by atoms with van der Waals surface area (Å²) in [6.07, 6.45) is 0. The molecule has 4 aromatic rings. The van der Waals surface area contributed by atoms with Crippen LogP contribution in [0.5, 0.6) is 0 Å². The predicted octanol–water partition coefficient (Wildman–Crippen LogP) is 4.51. The molecular weight excluding hydrogens is 448 g/mol. The first-order chi connectivity index (χ1) is 12.9. The van der Waals surface area contributed by atoms with E-state index >= 15 is 0 Å². The Hall–Kier alpha value is -1.63. The number of hydrogen-bond acceptors (Lipinski definition) is 1. The zero-order valence-electron chi connectivity index (χ0n) is 14.4. The molecule has 0 fully saturated rings. The minimum atomic E-state index is 0.545. The Balaban J connectivity index is 1.67. The van der Waals surface area contributed by atoms with Gasteiger partial charge in [-0.3, -0.25) is 0 Å². The van der Waals surface area contributed by atoms with E-state index in [9.17, 15) is 0 Å². The van der Waals surface area contributed by atoms with Crippen LogP contribution in [0.25, 0.3) is 21.5 Å². The fourth-order valence-corrected chi connectivity index (χ4v) is 7.61. The first-order valence-corrected chi connectivity index (χ1v) is 13.7. The van der Waals surface area contributed by atoms with Gasteiger partial charge in [-0.1, -0.05) is 0 Å². The standard InChI is InChI=1S/C23H19NSe2/c1-4-16-10-17-5-2-7-19-13-26-15-21-9-3-8-20(24-21)14-25-12-18(6-1)22(16)11-23(17)19/h1-11H,12-15H2. The molecule has 3 aromatic carbocycles. The molecule has 0 amide bonds. The van der Waals surface area contributed by atoms with Gasteiger partial charge in [0.2, 0.25) is 0 Å². The monoisotopic (exact) mass is 469 g/mol. The Morgan fingerprint density at radius 3 is 1.69 bits per heavy atom. The molecule has 128 valence electrons. The summed E-state index contributed by atoms with van der Waals surface area (Å²) in [6.45, 7) is 0. The third-order valence-corrected chi connectivity index (χ3v) is 9.20. The van der Waals surface area contributed by atoms with E-state index in [0.717, 1.165) is 10.6 Å². The van der Waals surface area contributed by atoms with Crippen LogP contribution in [0.15, 0.2) is 66.7 Å². The van der Waals surface area contributed by atoms with E-state index < -0.39 is 0 Å². The molecule has 0 atom stereocenters. The fourth-order valence-electron chi connectivity index (χ4n) is 3.65. The van der Waals surface area contributed by atoms with Crippen LogP contribution in [-0.2, 0) is 21.3 Å². The first-order valence-electron chi connectivity index (χ1n) is 8.90. The fraction of sp³-hybridized carbons (Fsp3) is 0.174. The van der Waals surface area contributed by atoms with Crippen molar-refractivity contribution >= 4 is 51.5 Å².